The van der Waals surface area contributed by atoms with Crippen molar-refractivity contribution in [2.75, 3.05) is 6.61 Å². The van der Waals surface area contributed by atoms with Gasteiger partial charge in [-0.25, -0.2) is 0 Å². The lowest BCUT2D eigenvalue weighted by Crippen LogP contribution is -2.66. The molecular weight excluding hydrogens is 500 g/mol. The molecule has 0 spiro atoms. The second-order valence-electron chi connectivity index (χ2n) is 16.0. The predicted octanol–water partition coefficient (Wildman–Crippen LogP) is 7.08. The van der Waals surface area contributed by atoms with Crippen molar-refractivity contribution in [3.05, 3.63) is 11.6 Å². The molecule has 0 saturated heterocycles. The van der Waals surface area contributed by atoms with Crippen molar-refractivity contribution in [3.8, 4) is 12.3 Å². The van der Waals surface area contributed by atoms with Crippen molar-refractivity contribution < 1.29 is 23.9 Å². The maximum absolute atomic E-state index is 14.5. The number of hydrogen-bond acceptors (Lipinski definition) is 5. The third-order valence-corrected chi connectivity index (χ3v) is 13.6. The predicted molar refractivity (Wildman–Crippen MR) is 155 cm³/mol. The van der Waals surface area contributed by atoms with E-state index < -0.39 is 5.41 Å². The molecule has 5 rings (SSSR count). The van der Waals surface area contributed by atoms with E-state index in [0.29, 0.717) is 12.3 Å². The fraction of sp³-hybridized carbons (Fsp3) is 0.800. The second kappa shape index (κ2) is 9.20. The highest BCUT2D eigenvalue weighted by Crippen LogP contribution is 2.75. The van der Waals surface area contributed by atoms with Gasteiger partial charge >= 0.3 is 11.9 Å². The van der Waals surface area contributed by atoms with E-state index in [1.54, 1.807) is 0 Å². The Balaban J connectivity index is 1.54. The fourth-order valence-corrected chi connectivity index (χ4v) is 11.0. The number of allylic oxidation sites excluding steroid dienone is 2. The number of esters is 2. The number of hydrogen-bond donors (Lipinski definition) is 0. The first-order valence-electron chi connectivity index (χ1n) is 15.5. The van der Waals surface area contributed by atoms with Crippen LogP contribution < -0.4 is 0 Å². The van der Waals surface area contributed by atoms with E-state index in [-0.39, 0.29) is 69.3 Å². The van der Waals surface area contributed by atoms with E-state index in [1.807, 2.05) is 13.0 Å². The average Bonchev–Trinajstić information content (AvgIpc) is 2.86. The maximum Gasteiger partial charge on any atom is 0.312 e. The lowest BCUT2D eigenvalue weighted by molar-refractivity contribution is -0.210. The summed E-state index contributed by atoms with van der Waals surface area (Å²) >= 11 is 0. The zero-order valence-electron chi connectivity index (χ0n) is 26.1. The van der Waals surface area contributed by atoms with Crippen LogP contribution in [0.4, 0.5) is 0 Å². The van der Waals surface area contributed by atoms with Crippen molar-refractivity contribution in [2.45, 2.75) is 119 Å². The first kappa shape index (κ1) is 29.4. The molecule has 0 aliphatic heterocycles. The van der Waals surface area contributed by atoms with Crippen molar-refractivity contribution in [1.29, 1.82) is 0 Å². The minimum Gasteiger partial charge on any atom is -0.462 e. The summed E-state index contributed by atoms with van der Waals surface area (Å²) in [7, 11) is 0. The van der Waals surface area contributed by atoms with E-state index in [4.69, 9.17) is 15.9 Å². The Morgan fingerprint density at radius 1 is 0.975 bits per heavy atom. The number of fused-ring (bicyclic) bond motifs is 7. The summed E-state index contributed by atoms with van der Waals surface area (Å²) in [5.41, 5.74) is 0.145. The second-order valence-corrected chi connectivity index (χ2v) is 16.0. The summed E-state index contributed by atoms with van der Waals surface area (Å²) in [6.45, 7) is 17.6. The van der Waals surface area contributed by atoms with Crippen molar-refractivity contribution in [2.24, 2.45) is 50.2 Å². The van der Waals surface area contributed by atoms with Crippen LogP contribution in [0.1, 0.15) is 113 Å². The van der Waals surface area contributed by atoms with Gasteiger partial charge in [0, 0.05) is 18.3 Å². The van der Waals surface area contributed by atoms with Gasteiger partial charge in [0.2, 0.25) is 0 Å². The molecule has 5 nitrogen and oxygen atoms in total. The van der Waals surface area contributed by atoms with Crippen LogP contribution in [-0.2, 0) is 23.9 Å². The molecule has 4 fully saturated rings. The largest absolute Gasteiger partial charge is 0.462 e. The minimum absolute atomic E-state index is 0.00339. The summed E-state index contributed by atoms with van der Waals surface area (Å²) < 4.78 is 11.3. The van der Waals surface area contributed by atoms with Gasteiger partial charge in [-0.2, -0.15) is 0 Å². The average molecular weight is 551 g/mol. The fourth-order valence-electron chi connectivity index (χ4n) is 11.0. The van der Waals surface area contributed by atoms with Crippen LogP contribution in [-0.4, -0.2) is 30.4 Å². The zero-order chi connectivity index (χ0) is 29.5. The Morgan fingerprint density at radius 3 is 2.30 bits per heavy atom. The summed E-state index contributed by atoms with van der Waals surface area (Å²) in [4.78, 5) is 39.6. The van der Waals surface area contributed by atoms with Crippen LogP contribution in [0.25, 0.3) is 0 Å². The number of carbonyl (C=O) groups is 3. The van der Waals surface area contributed by atoms with Gasteiger partial charge in [-0.1, -0.05) is 53.0 Å². The lowest BCUT2D eigenvalue weighted by atomic mass is 9.33. The highest BCUT2D eigenvalue weighted by Gasteiger charge is 2.70. The van der Waals surface area contributed by atoms with Gasteiger partial charge in [-0.3, -0.25) is 14.4 Å². The molecule has 0 radical (unpaired) electrons. The highest BCUT2D eigenvalue weighted by molar-refractivity contribution is 5.95. The third kappa shape index (κ3) is 3.90. The Labute approximate surface area is 241 Å². The van der Waals surface area contributed by atoms with Crippen LogP contribution >= 0.6 is 0 Å². The van der Waals surface area contributed by atoms with Crippen LogP contribution in [0, 0.1) is 62.6 Å². The Hall–Kier alpha value is -2.09. The quantitative estimate of drug-likeness (QED) is 0.278. The minimum atomic E-state index is -0.594. The SMILES string of the molecule is C#CCOC(=O)[C@@]1(C)CC[C@]2(C)CC[C@@]3(C)C(=CC(=O)[C@@H]4[C@]5(C)CC[C@@H](OC(C)=O)C(C)(C)[C@H]5CC[C@]43C)[C@H]2C1. The number of terminal acetylenes is 1. The first-order valence-corrected chi connectivity index (χ1v) is 15.5. The molecular formula is C35H50O5. The number of ketones is 1. The summed E-state index contributed by atoms with van der Waals surface area (Å²) in [5.74, 6) is 2.70. The molecule has 0 heterocycles. The monoisotopic (exact) mass is 550 g/mol. The molecule has 0 N–H and O–H groups in total. The molecule has 4 saturated carbocycles. The van der Waals surface area contributed by atoms with Crippen molar-refractivity contribution >= 4 is 17.7 Å². The molecule has 220 valence electrons. The number of carbonyl (C=O) groups excluding carboxylic acids is 3. The molecule has 9 atom stereocenters. The summed E-state index contributed by atoms with van der Waals surface area (Å²) in [6, 6.07) is 0. The Morgan fingerprint density at radius 2 is 1.65 bits per heavy atom. The maximum atomic E-state index is 14.5. The summed E-state index contributed by atoms with van der Waals surface area (Å²) in [6.07, 6.45) is 15.7. The lowest BCUT2D eigenvalue weighted by Gasteiger charge is -2.70. The van der Waals surface area contributed by atoms with Gasteiger partial charge in [-0.15, -0.1) is 6.42 Å². The Bertz CT molecular complexity index is 1190. The van der Waals surface area contributed by atoms with Gasteiger partial charge < -0.3 is 9.47 Å². The zero-order valence-corrected chi connectivity index (χ0v) is 26.1. The molecule has 5 aliphatic carbocycles. The van der Waals surface area contributed by atoms with E-state index in [0.717, 1.165) is 51.4 Å². The molecule has 0 aromatic rings. The molecule has 5 aliphatic rings. The standard InChI is InChI=1S/C35H50O5/c1-10-19-39-29(38)32(6)16-15-31(5)17-18-34(8)23(24(31)21-32)20-25(37)28-33(7)13-12-27(40-22(2)36)30(3,4)26(33)11-14-35(28,34)9/h1,20,24,26-28H,11-19,21H2,2-9H3/t24-,26-,27-,28-,31-,32+,33-,34+,35-/m1/s1. The van der Waals surface area contributed by atoms with Gasteiger partial charge in [0.15, 0.2) is 12.4 Å². The van der Waals surface area contributed by atoms with Crippen molar-refractivity contribution in [3.63, 3.8) is 0 Å². The normalized spacial score (nSPS) is 47.3. The third-order valence-electron chi connectivity index (χ3n) is 13.6. The molecule has 0 unspecified atom stereocenters. The van der Waals surface area contributed by atoms with E-state index in [9.17, 15) is 14.4 Å². The van der Waals surface area contributed by atoms with Crippen LogP contribution in [0.5, 0.6) is 0 Å². The molecule has 5 heteroatoms. The molecule has 40 heavy (non-hydrogen) atoms. The van der Waals surface area contributed by atoms with E-state index in [1.165, 1.54) is 12.5 Å². The van der Waals surface area contributed by atoms with E-state index in [2.05, 4.69) is 47.5 Å². The smallest absolute Gasteiger partial charge is 0.312 e. The number of ether oxygens (including phenoxy) is 2. The molecule has 0 aromatic carbocycles. The van der Waals surface area contributed by atoms with Crippen LogP contribution in [0.2, 0.25) is 0 Å². The first-order chi connectivity index (χ1) is 18.5. The molecule has 0 amide bonds. The van der Waals surface area contributed by atoms with Crippen LogP contribution in [0.3, 0.4) is 0 Å². The molecule has 0 bridgehead atoms. The van der Waals surface area contributed by atoms with Gasteiger partial charge in [-0.05, 0) is 104 Å². The van der Waals surface area contributed by atoms with Gasteiger partial charge in [0.25, 0.3) is 0 Å². The Kier molecular flexibility index (Phi) is 6.77. The van der Waals surface area contributed by atoms with Crippen molar-refractivity contribution in [1.82, 2.24) is 0 Å². The topological polar surface area (TPSA) is 69.7 Å². The van der Waals surface area contributed by atoms with Gasteiger partial charge in [0.1, 0.15) is 6.10 Å². The summed E-state index contributed by atoms with van der Waals surface area (Å²) in [5, 5.41) is 0. The van der Waals surface area contributed by atoms with E-state index >= 15 is 0 Å². The van der Waals surface area contributed by atoms with Crippen LogP contribution in [0.15, 0.2) is 11.6 Å². The van der Waals surface area contributed by atoms with Gasteiger partial charge in [0.05, 0.1) is 5.41 Å². The molecule has 0 aromatic heterocycles. The highest BCUT2D eigenvalue weighted by atomic mass is 16.5. The number of rotatable bonds is 3.